The van der Waals surface area contributed by atoms with Gasteiger partial charge in [0.1, 0.15) is 5.78 Å². The fourth-order valence-electron chi connectivity index (χ4n) is 1.57. The number of benzene rings is 1. The Bertz CT molecular complexity index is 413. The van der Waals surface area contributed by atoms with Gasteiger partial charge < -0.3 is 14.6 Å². The number of phenolic OH excluding ortho intramolecular Hbond substituents is 1. The Morgan fingerprint density at radius 2 is 2.05 bits per heavy atom. The van der Waals surface area contributed by atoms with Crippen LogP contribution in [0.3, 0.4) is 0 Å². The maximum absolute atomic E-state index is 11.7. The molecule has 1 aromatic rings. The third kappa shape index (κ3) is 5.30. The van der Waals surface area contributed by atoms with E-state index >= 15 is 0 Å². The third-order valence-electron chi connectivity index (χ3n) is 2.80. The minimum absolute atomic E-state index is 0.0138. The van der Waals surface area contributed by atoms with Crippen LogP contribution in [-0.4, -0.2) is 31.2 Å². The van der Waals surface area contributed by atoms with E-state index in [-0.39, 0.29) is 17.5 Å². The number of hydrogen-bond donors (Lipinski definition) is 1. The molecule has 0 aromatic heterocycles. The Balaban J connectivity index is 2.63. The van der Waals surface area contributed by atoms with Crippen LogP contribution in [-0.2, 0) is 16.0 Å². The summed E-state index contributed by atoms with van der Waals surface area (Å²) < 4.78 is 10.4. The van der Waals surface area contributed by atoms with Gasteiger partial charge in [-0.3, -0.25) is 4.79 Å². The Labute approximate surface area is 114 Å². The van der Waals surface area contributed by atoms with Crippen LogP contribution in [0.1, 0.15) is 25.8 Å². The first kappa shape index (κ1) is 15.5. The number of rotatable bonds is 8. The molecule has 4 heteroatoms. The van der Waals surface area contributed by atoms with Gasteiger partial charge in [0.25, 0.3) is 0 Å². The summed E-state index contributed by atoms with van der Waals surface area (Å²) in [7, 11) is 1.63. The quantitative estimate of drug-likeness (QED) is 0.735. The molecule has 0 aliphatic carbocycles. The zero-order valence-corrected chi connectivity index (χ0v) is 11.8. The second-order valence-electron chi connectivity index (χ2n) is 4.79. The number of ketones is 1. The van der Waals surface area contributed by atoms with Gasteiger partial charge in [0.2, 0.25) is 0 Å². The van der Waals surface area contributed by atoms with Gasteiger partial charge >= 0.3 is 0 Å². The van der Waals surface area contributed by atoms with Crippen LogP contribution in [0.15, 0.2) is 18.2 Å². The molecular formula is C15H22O4. The number of aromatic hydroxyl groups is 1. The summed E-state index contributed by atoms with van der Waals surface area (Å²) in [6, 6.07) is 5.04. The molecule has 0 saturated carbocycles. The molecule has 0 atom stereocenters. The third-order valence-corrected chi connectivity index (χ3v) is 2.80. The van der Waals surface area contributed by atoms with Gasteiger partial charge in [-0.15, -0.1) is 0 Å². The standard InChI is InChI=1S/C15H22O4/c1-11(2)14(17)9-12-5-6-13(16)15(10-12)19-8-4-7-18-3/h5-6,10-11,16H,4,7-9H2,1-3H3. The predicted octanol–water partition coefficient (Wildman–Crippen LogP) is 2.58. The molecule has 106 valence electrons. The normalized spacial score (nSPS) is 10.7. The Morgan fingerprint density at radius 1 is 1.32 bits per heavy atom. The van der Waals surface area contributed by atoms with Crippen LogP contribution in [0.5, 0.6) is 11.5 Å². The number of Topliss-reactive ketones (excluding diaryl/α,β-unsaturated/α-hetero) is 1. The molecule has 1 N–H and O–H groups in total. The molecule has 0 spiro atoms. The van der Waals surface area contributed by atoms with Crippen LogP contribution in [0.25, 0.3) is 0 Å². The first-order valence-electron chi connectivity index (χ1n) is 6.51. The largest absolute Gasteiger partial charge is 0.504 e. The Kier molecular flexibility index (Phi) is 6.36. The second-order valence-corrected chi connectivity index (χ2v) is 4.79. The molecule has 0 fully saturated rings. The number of phenols is 1. The number of methoxy groups -OCH3 is 1. The number of hydrogen-bond acceptors (Lipinski definition) is 4. The lowest BCUT2D eigenvalue weighted by molar-refractivity contribution is -0.121. The van der Waals surface area contributed by atoms with Crippen molar-refractivity contribution in [2.45, 2.75) is 26.7 Å². The molecule has 0 radical (unpaired) electrons. The first-order chi connectivity index (χ1) is 9.04. The van der Waals surface area contributed by atoms with Crippen LogP contribution >= 0.6 is 0 Å². The first-order valence-corrected chi connectivity index (χ1v) is 6.51. The highest BCUT2D eigenvalue weighted by molar-refractivity contribution is 5.82. The lowest BCUT2D eigenvalue weighted by Crippen LogP contribution is -2.10. The average Bonchev–Trinajstić information content (AvgIpc) is 2.38. The van der Waals surface area contributed by atoms with Crippen molar-refractivity contribution in [2.24, 2.45) is 5.92 Å². The van der Waals surface area contributed by atoms with E-state index in [1.54, 1.807) is 25.3 Å². The van der Waals surface area contributed by atoms with Gasteiger partial charge in [-0.05, 0) is 17.7 Å². The molecule has 0 bridgehead atoms. The van der Waals surface area contributed by atoms with Crippen LogP contribution in [0.4, 0.5) is 0 Å². The lowest BCUT2D eigenvalue weighted by atomic mass is 10.0. The Morgan fingerprint density at radius 3 is 2.68 bits per heavy atom. The maximum atomic E-state index is 11.7. The van der Waals surface area contributed by atoms with Gasteiger partial charge in [-0.2, -0.15) is 0 Å². The molecular weight excluding hydrogens is 244 g/mol. The molecule has 0 aliphatic rings. The molecule has 1 rings (SSSR count). The van der Waals surface area contributed by atoms with Crippen LogP contribution in [0.2, 0.25) is 0 Å². The van der Waals surface area contributed by atoms with E-state index in [2.05, 4.69) is 0 Å². The molecule has 1 aromatic carbocycles. The maximum Gasteiger partial charge on any atom is 0.161 e. The Hall–Kier alpha value is -1.55. The van der Waals surface area contributed by atoms with E-state index in [0.717, 1.165) is 12.0 Å². The fourth-order valence-corrected chi connectivity index (χ4v) is 1.57. The SMILES string of the molecule is COCCCOc1cc(CC(=O)C(C)C)ccc1O. The molecule has 0 unspecified atom stereocenters. The molecule has 19 heavy (non-hydrogen) atoms. The van der Waals surface area contributed by atoms with Gasteiger partial charge in [-0.25, -0.2) is 0 Å². The number of carbonyl (C=O) groups is 1. The van der Waals surface area contributed by atoms with Gasteiger partial charge in [0.15, 0.2) is 11.5 Å². The van der Waals surface area contributed by atoms with Crippen molar-refractivity contribution in [3.8, 4) is 11.5 Å². The van der Waals surface area contributed by atoms with Crippen molar-refractivity contribution < 1.29 is 19.4 Å². The van der Waals surface area contributed by atoms with Gasteiger partial charge in [0.05, 0.1) is 6.61 Å². The number of ether oxygens (including phenoxy) is 2. The summed E-state index contributed by atoms with van der Waals surface area (Å²) in [6.45, 7) is 4.85. The summed E-state index contributed by atoms with van der Waals surface area (Å²) in [5, 5.41) is 9.69. The van der Waals surface area contributed by atoms with E-state index in [0.29, 0.717) is 25.4 Å². The zero-order valence-electron chi connectivity index (χ0n) is 11.8. The van der Waals surface area contributed by atoms with Crippen molar-refractivity contribution >= 4 is 5.78 Å². The molecule has 4 nitrogen and oxygen atoms in total. The van der Waals surface area contributed by atoms with E-state index in [1.165, 1.54) is 0 Å². The predicted molar refractivity (Wildman–Crippen MR) is 73.6 cm³/mol. The highest BCUT2D eigenvalue weighted by Crippen LogP contribution is 2.27. The monoisotopic (exact) mass is 266 g/mol. The van der Waals surface area contributed by atoms with Crippen molar-refractivity contribution in [1.29, 1.82) is 0 Å². The summed E-state index contributed by atoms with van der Waals surface area (Å²) in [4.78, 5) is 11.7. The zero-order chi connectivity index (χ0) is 14.3. The second kappa shape index (κ2) is 7.79. The average molecular weight is 266 g/mol. The fraction of sp³-hybridized carbons (Fsp3) is 0.533. The highest BCUT2D eigenvalue weighted by atomic mass is 16.5. The highest BCUT2D eigenvalue weighted by Gasteiger charge is 2.10. The van der Waals surface area contributed by atoms with Crippen LogP contribution in [0, 0.1) is 5.92 Å². The van der Waals surface area contributed by atoms with Crippen molar-refractivity contribution in [3.63, 3.8) is 0 Å². The summed E-state index contributed by atoms with van der Waals surface area (Å²) >= 11 is 0. The molecule has 0 saturated heterocycles. The summed E-state index contributed by atoms with van der Waals surface area (Å²) in [5.41, 5.74) is 0.859. The minimum Gasteiger partial charge on any atom is -0.504 e. The van der Waals surface area contributed by atoms with E-state index in [1.807, 2.05) is 13.8 Å². The van der Waals surface area contributed by atoms with Crippen molar-refractivity contribution in [2.75, 3.05) is 20.3 Å². The van der Waals surface area contributed by atoms with Gasteiger partial charge in [-0.1, -0.05) is 19.9 Å². The molecule has 0 aliphatic heterocycles. The van der Waals surface area contributed by atoms with E-state index in [9.17, 15) is 9.90 Å². The van der Waals surface area contributed by atoms with E-state index < -0.39 is 0 Å². The molecule has 0 heterocycles. The summed E-state index contributed by atoms with van der Waals surface area (Å²) in [6.07, 6.45) is 1.12. The van der Waals surface area contributed by atoms with Gasteiger partial charge in [0, 0.05) is 32.5 Å². The molecule has 0 amide bonds. The topological polar surface area (TPSA) is 55.8 Å². The smallest absolute Gasteiger partial charge is 0.161 e. The van der Waals surface area contributed by atoms with Crippen molar-refractivity contribution in [3.05, 3.63) is 23.8 Å². The minimum atomic E-state index is 0.0138. The number of carbonyl (C=O) groups excluding carboxylic acids is 1. The summed E-state index contributed by atoms with van der Waals surface area (Å²) in [5.74, 6) is 0.708. The van der Waals surface area contributed by atoms with Crippen LogP contribution < -0.4 is 4.74 Å². The lowest BCUT2D eigenvalue weighted by Gasteiger charge is -2.10. The van der Waals surface area contributed by atoms with E-state index in [4.69, 9.17) is 9.47 Å². The van der Waals surface area contributed by atoms with Crippen molar-refractivity contribution in [1.82, 2.24) is 0 Å².